The Morgan fingerprint density at radius 1 is 1.21 bits per heavy atom. The van der Waals surface area contributed by atoms with Crippen LogP contribution in [0.15, 0.2) is 18.2 Å². The van der Waals surface area contributed by atoms with E-state index in [1.807, 2.05) is 0 Å². The van der Waals surface area contributed by atoms with Crippen LogP contribution < -0.4 is 5.32 Å². The molecule has 104 valence electrons. The molecular weight excluding hydrogens is 349 g/mol. The lowest BCUT2D eigenvalue weighted by Gasteiger charge is -2.31. The minimum absolute atomic E-state index is 0.0951. The van der Waals surface area contributed by atoms with Gasteiger partial charge in [-0.05, 0) is 37.0 Å². The number of nitrogens with one attached hydrogen (secondary N) is 1. The van der Waals surface area contributed by atoms with Crippen LogP contribution in [0.4, 0.5) is 0 Å². The smallest absolute Gasteiger partial charge is 0.251 e. The Morgan fingerprint density at radius 2 is 1.84 bits per heavy atom. The van der Waals surface area contributed by atoms with Crippen molar-refractivity contribution in [3.05, 3.63) is 33.8 Å². The van der Waals surface area contributed by atoms with Crippen LogP contribution in [0, 0.1) is 5.92 Å². The van der Waals surface area contributed by atoms with Crippen LogP contribution in [0.1, 0.15) is 36.0 Å². The van der Waals surface area contributed by atoms with Crippen LogP contribution in [0.2, 0.25) is 10.0 Å². The van der Waals surface area contributed by atoms with E-state index in [0.29, 0.717) is 21.5 Å². The molecule has 2 nitrogen and oxygen atoms in total. The molecule has 5 heteroatoms. The van der Waals surface area contributed by atoms with Gasteiger partial charge in [0.2, 0.25) is 0 Å². The molecule has 19 heavy (non-hydrogen) atoms. The number of amides is 1. The van der Waals surface area contributed by atoms with Gasteiger partial charge in [0.15, 0.2) is 0 Å². The molecule has 2 unspecified atom stereocenters. The molecule has 0 spiro atoms. The zero-order chi connectivity index (χ0) is 13.8. The highest BCUT2D eigenvalue weighted by molar-refractivity contribution is 9.09. The Hall–Kier alpha value is -0.250. The van der Waals surface area contributed by atoms with Gasteiger partial charge < -0.3 is 5.32 Å². The van der Waals surface area contributed by atoms with Gasteiger partial charge in [0, 0.05) is 27.0 Å². The maximum Gasteiger partial charge on any atom is 0.251 e. The summed E-state index contributed by atoms with van der Waals surface area (Å²) in [5.41, 5.74) is 0.524. The van der Waals surface area contributed by atoms with Crippen LogP contribution in [0.5, 0.6) is 0 Å². The normalized spacial score (nSPS) is 23.1. The highest BCUT2D eigenvalue weighted by Gasteiger charge is 2.25. The van der Waals surface area contributed by atoms with Gasteiger partial charge in [-0.15, -0.1) is 0 Å². The monoisotopic (exact) mass is 363 g/mol. The molecule has 1 N–H and O–H groups in total. The van der Waals surface area contributed by atoms with Gasteiger partial charge >= 0.3 is 0 Å². The van der Waals surface area contributed by atoms with Crippen molar-refractivity contribution in [3.8, 4) is 0 Å². The van der Waals surface area contributed by atoms with Gasteiger partial charge in [0.25, 0.3) is 5.91 Å². The molecule has 0 heterocycles. The van der Waals surface area contributed by atoms with Crippen molar-refractivity contribution < 1.29 is 4.79 Å². The molecule has 0 bridgehead atoms. The van der Waals surface area contributed by atoms with E-state index in [1.54, 1.807) is 18.2 Å². The van der Waals surface area contributed by atoms with E-state index in [1.165, 1.54) is 12.8 Å². The molecule has 0 radical (unpaired) electrons. The second-order valence-corrected chi connectivity index (χ2v) is 6.46. The molecule has 2 atom stereocenters. The van der Waals surface area contributed by atoms with E-state index >= 15 is 0 Å². The minimum Gasteiger partial charge on any atom is -0.349 e. The van der Waals surface area contributed by atoms with Crippen molar-refractivity contribution in [3.63, 3.8) is 0 Å². The van der Waals surface area contributed by atoms with Crippen molar-refractivity contribution in [2.75, 3.05) is 5.33 Å². The molecule has 0 aliphatic heterocycles. The summed E-state index contributed by atoms with van der Waals surface area (Å²) >= 11 is 15.4. The summed E-state index contributed by atoms with van der Waals surface area (Å²) in [6.07, 6.45) is 4.61. The summed E-state index contributed by atoms with van der Waals surface area (Å²) in [5, 5.41) is 5.00. The third-order valence-corrected chi connectivity index (χ3v) is 4.82. The first-order valence-electron chi connectivity index (χ1n) is 6.43. The quantitative estimate of drug-likeness (QED) is 0.775. The van der Waals surface area contributed by atoms with Gasteiger partial charge in [-0.3, -0.25) is 4.79 Å². The molecule has 1 saturated carbocycles. The number of carbonyl (C=O) groups is 1. The number of hydrogen-bond acceptors (Lipinski definition) is 1. The van der Waals surface area contributed by atoms with Crippen molar-refractivity contribution in [2.45, 2.75) is 31.7 Å². The highest BCUT2D eigenvalue weighted by atomic mass is 79.9. The van der Waals surface area contributed by atoms with Crippen LogP contribution in [0.3, 0.4) is 0 Å². The van der Waals surface area contributed by atoms with Crippen LogP contribution in [-0.4, -0.2) is 17.3 Å². The summed E-state index contributed by atoms with van der Waals surface area (Å²) in [4.78, 5) is 12.2. The van der Waals surface area contributed by atoms with Crippen molar-refractivity contribution in [2.24, 2.45) is 5.92 Å². The molecule has 1 aliphatic carbocycles. The lowest BCUT2D eigenvalue weighted by molar-refractivity contribution is 0.0911. The largest absolute Gasteiger partial charge is 0.349 e. The van der Waals surface area contributed by atoms with Crippen LogP contribution >= 0.6 is 39.1 Å². The third-order valence-electron chi connectivity index (χ3n) is 3.55. The average Bonchev–Trinajstić information content (AvgIpc) is 2.38. The van der Waals surface area contributed by atoms with Gasteiger partial charge in [0.1, 0.15) is 0 Å². The number of benzene rings is 1. The van der Waals surface area contributed by atoms with E-state index in [9.17, 15) is 4.79 Å². The summed E-state index contributed by atoms with van der Waals surface area (Å²) in [5.74, 6) is 0.412. The first kappa shape index (κ1) is 15.1. The summed E-state index contributed by atoms with van der Waals surface area (Å²) < 4.78 is 0. The van der Waals surface area contributed by atoms with Gasteiger partial charge in [-0.1, -0.05) is 52.0 Å². The number of rotatable bonds is 3. The molecular formula is C14H16BrCl2NO. The number of carbonyl (C=O) groups excluding carboxylic acids is 1. The van der Waals surface area contributed by atoms with Crippen LogP contribution in [0.25, 0.3) is 0 Å². The van der Waals surface area contributed by atoms with Crippen molar-refractivity contribution in [1.29, 1.82) is 0 Å². The molecule has 1 aromatic rings. The third kappa shape index (κ3) is 4.11. The van der Waals surface area contributed by atoms with Gasteiger partial charge in [-0.25, -0.2) is 0 Å². The Kier molecular flexibility index (Phi) is 5.55. The Balaban J connectivity index is 2.07. The molecule has 1 fully saturated rings. The fraction of sp³-hybridized carbons (Fsp3) is 0.500. The molecule has 2 rings (SSSR count). The van der Waals surface area contributed by atoms with Gasteiger partial charge in [0.05, 0.1) is 0 Å². The van der Waals surface area contributed by atoms with E-state index < -0.39 is 0 Å². The van der Waals surface area contributed by atoms with Crippen molar-refractivity contribution >= 4 is 45.0 Å². The van der Waals surface area contributed by atoms with E-state index in [-0.39, 0.29) is 11.9 Å². The zero-order valence-corrected chi connectivity index (χ0v) is 13.6. The maximum absolute atomic E-state index is 12.2. The molecule has 0 saturated heterocycles. The van der Waals surface area contributed by atoms with Crippen LogP contribution in [-0.2, 0) is 0 Å². The number of halogens is 3. The Labute approximate surface area is 132 Å². The number of alkyl halides is 1. The Morgan fingerprint density at radius 3 is 2.47 bits per heavy atom. The zero-order valence-electron chi connectivity index (χ0n) is 10.5. The molecule has 0 aromatic heterocycles. The number of hydrogen-bond donors (Lipinski definition) is 1. The highest BCUT2D eigenvalue weighted by Crippen LogP contribution is 2.26. The lowest BCUT2D eigenvalue weighted by atomic mass is 9.86. The van der Waals surface area contributed by atoms with E-state index in [4.69, 9.17) is 23.2 Å². The van der Waals surface area contributed by atoms with E-state index in [2.05, 4.69) is 21.2 Å². The van der Waals surface area contributed by atoms with Gasteiger partial charge in [-0.2, -0.15) is 0 Å². The predicted octanol–water partition coefficient (Wildman–Crippen LogP) is 4.68. The standard InChI is InChI=1S/C14H16BrCl2NO/c15-8-9-3-1-2-4-13(9)18-14(19)10-5-11(16)7-12(17)6-10/h5-7,9,13H,1-4,8H2,(H,18,19). The summed E-state index contributed by atoms with van der Waals surface area (Å²) in [6, 6.07) is 5.16. The molecule has 1 amide bonds. The predicted molar refractivity (Wildman–Crippen MR) is 83.5 cm³/mol. The summed E-state index contributed by atoms with van der Waals surface area (Å²) in [7, 11) is 0. The van der Waals surface area contributed by atoms with E-state index in [0.717, 1.165) is 18.2 Å². The minimum atomic E-state index is -0.0951. The lowest BCUT2D eigenvalue weighted by Crippen LogP contribution is -2.42. The topological polar surface area (TPSA) is 29.1 Å². The second kappa shape index (κ2) is 6.96. The Bertz CT molecular complexity index is 447. The SMILES string of the molecule is O=C(NC1CCCCC1CBr)c1cc(Cl)cc(Cl)c1. The average molecular weight is 365 g/mol. The second-order valence-electron chi connectivity index (χ2n) is 4.94. The maximum atomic E-state index is 12.2. The first-order chi connectivity index (χ1) is 9.10. The summed E-state index contributed by atoms with van der Waals surface area (Å²) in [6.45, 7) is 0. The van der Waals surface area contributed by atoms with Crippen molar-refractivity contribution in [1.82, 2.24) is 5.32 Å². The molecule has 1 aromatic carbocycles. The fourth-order valence-corrected chi connectivity index (χ4v) is 3.82. The fourth-order valence-electron chi connectivity index (χ4n) is 2.52. The molecule has 1 aliphatic rings. The first-order valence-corrected chi connectivity index (χ1v) is 8.31.